The average Bonchev–Trinajstić information content (AvgIpc) is 3.85. The van der Waals surface area contributed by atoms with Gasteiger partial charge in [-0.1, -0.05) is 113 Å². The Labute approximate surface area is 348 Å². The molecule has 1 aliphatic heterocycles. The number of phenolic OH excluding ortho intramolecular Hbond substituents is 1. The summed E-state index contributed by atoms with van der Waals surface area (Å²) in [5.41, 5.74) is 17.7. The van der Waals surface area contributed by atoms with Crippen LogP contribution in [-0.2, 0) is 27.5 Å². The number of para-hydroxylation sites is 1. The molecule has 2 heterocycles. The Morgan fingerprint density at radius 2 is 1.30 bits per heavy atom. The zero-order valence-electron chi connectivity index (χ0n) is 33.0. The van der Waals surface area contributed by atoms with Crippen molar-refractivity contribution in [2.75, 3.05) is 4.90 Å². The summed E-state index contributed by atoms with van der Waals surface area (Å²) in [6, 6.07) is 46.7. The number of benzene rings is 7. The van der Waals surface area contributed by atoms with E-state index in [-0.39, 0.29) is 38.9 Å². The number of phenols is 1. The maximum atomic E-state index is 11.9. The molecule has 0 fully saturated rings. The normalized spacial score (nSPS) is 15.8. The van der Waals surface area contributed by atoms with Gasteiger partial charge >= 0.3 is 0 Å². The van der Waals surface area contributed by atoms with Gasteiger partial charge in [0.15, 0.2) is 0 Å². The largest absolute Gasteiger partial charge is 0.507 e. The number of aromatic nitrogens is 2. The van der Waals surface area contributed by atoms with Crippen LogP contribution < -0.4 is 4.90 Å². The molecule has 1 aromatic heterocycles. The SMILES string of the molecule is Cc1cc(C)c(N2C(c3[c-]c(-c4cccc5c4nc(-c4ccc6ccccc6c4O)n5-c4c(C)cc(C)cc4C)ccc3)=N[C@H]3c4ccccc4C[C@H]32)c(C)c1.[Pt]. The number of anilines is 1. The van der Waals surface area contributed by atoms with Crippen molar-refractivity contribution in [2.45, 2.75) is 60.0 Å². The molecule has 2 aliphatic rings. The van der Waals surface area contributed by atoms with Gasteiger partial charge in [-0.05, 0) is 98.9 Å². The van der Waals surface area contributed by atoms with Gasteiger partial charge in [-0.3, -0.25) is 9.56 Å². The van der Waals surface area contributed by atoms with Gasteiger partial charge in [0.2, 0.25) is 0 Å². The second-order valence-corrected chi connectivity index (χ2v) is 15.8. The molecular formula is C51H43N4OPt-. The Kier molecular flexibility index (Phi) is 9.05. The molecule has 7 aromatic carbocycles. The van der Waals surface area contributed by atoms with E-state index in [9.17, 15) is 5.11 Å². The fraction of sp³-hybridized carbons (Fsp3) is 0.176. The molecule has 10 rings (SSSR count). The Hall–Kier alpha value is -5.77. The quantitative estimate of drug-likeness (QED) is 0.175. The summed E-state index contributed by atoms with van der Waals surface area (Å²) in [6.45, 7) is 13.1. The molecule has 6 heteroatoms. The average molecular weight is 923 g/mol. The van der Waals surface area contributed by atoms with Gasteiger partial charge in [-0.15, -0.1) is 29.8 Å². The molecule has 0 unspecified atom stereocenters. The summed E-state index contributed by atoms with van der Waals surface area (Å²) >= 11 is 0. The van der Waals surface area contributed by atoms with Crippen molar-refractivity contribution in [1.29, 1.82) is 0 Å². The van der Waals surface area contributed by atoms with Crippen LogP contribution in [0.3, 0.4) is 0 Å². The monoisotopic (exact) mass is 922 g/mol. The zero-order chi connectivity index (χ0) is 38.4. The van der Waals surface area contributed by atoms with E-state index >= 15 is 0 Å². The third-order valence-corrected chi connectivity index (χ3v) is 11.9. The van der Waals surface area contributed by atoms with Crippen molar-refractivity contribution in [3.8, 4) is 34.0 Å². The number of hydrogen-bond acceptors (Lipinski definition) is 4. The van der Waals surface area contributed by atoms with Gasteiger partial charge in [0.1, 0.15) is 11.6 Å². The summed E-state index contributed by atoms with van der Waals surface area (Å²) in [6.07, 6.45) is 0.944. The number of nitrogens with zero attached hydrogens (tertiary/aromatic N) is 4. The molecule has 0 saturated carbocycles. The Bertz CT molecular complexity index is 2910. The molecule has 0 radical (unpaired) electrons. The third-order valence-electron chi connectivity index (χ3n) is 11.9. The number of fused-ring (bicyclic) bond motifs is 5. The Morgan fingerprint density at radius 3 is 2.05 bits per heavy atom. The molecule has 1 aliphatic carbocycles. The summed E-state index contributed by atoms with van der Waals surface area (Å²) in [5.74, 6) is 1.88. The first-order valence-electron chi connectivity index (χ1n) is 19.5. The summed E-state index contributed by atoms with van der Waals surface area (Å²) in [7, 11) is 0. The van der Waals surface area contributed by atoms with Crippen LogP contribution in [0.25, 0.3) is 50.0 Å². The number of amidine groups is 1. The minimum atomic E-state index is 0. The van der Waals surface area contributed by atoms with E-state index in [0.29, 0.717) is 11.4 Å². The second-order valence-electron chi connectivity index (χ2n) is 15.8. The van der Waals surface area contributed by atoms with Gasteiger partial charge in [-0.2, -0.15) is 0 Å². The molecule has 5 nitrogen and oxygen atoms in total. The molecule has 284 valence electrons. The van der Waals surface area contributed by atoms with Gasteiger partial charge in [-0.25, -0.2) is 4.98 Å². The first-order valence-corrected chi connectivity index (χ1v) is 19.5. The standard InChI is InChI=1S/C51H43N4O.Pt/c1-29-23-31(3)47(32(4)24-29)54-43-20-12-19-40(45(43)53-51(54)42-22-21-35-13-7-10-18-41(35)49(42)56)36-15-11-16-38(27-36)50-52-46-39-17-9-8-14-37(39)28-44(46)55(50)48-33(5)25-30(2)26-34(48)6;/h7-26,44,46,56H,28H2,1-6H3;/q-1;/t44-,46+;/m1./s1. The number of hydrogen-bond donors (Lipinski definition) is 1. The minimum Gasteiger partial charge on any atom is -0.507 e. The molecule has 1 N–H and O–H groups in total. The summed E-state index contributed by atoms with van der Waals surface area (Å²) < 4.78 is 2.24. The van der Waals surface area contributed by atoms with Crippen LogP contribution in [0.15, 0.2) is 126 Å². The van der Waals surface area contributed by atoms with Gasteiger partial charge in [0.05, 0.1) is 40.2 Å². The predicted octanol–water partition coefficient (Wildman–Crippen LogP) is 11.8. The van der Waals surface area contributed by atoms with E-state index in [2.05, 4.69) is 148 Å². The fourth-order valence-corrected chi connectivity index (χ4v) is 9.76. The van der Waals surface area contributed by atoms with Crippen molar-refractivity contribution < 1.29 is 26.2 Å². The number of aryl methyl sites for hydroxylation is 6. The number of aliphatic imine (C=N–C) groups is 1. The van der Waals surface area contributed by atoms with Crippen molar-refractivity contribution in [3.63, 3.8) is 0 Å². The maximum Gasteiger partial charge on any atom is 0.148 e. The van der Waals surface area contributed by atoms with Crippen LogP contribution in [0.4, 0.5) is 5.69 Å². The van der Waals surface area contributed by atoms with Crippen LogP contribution >= 0.6 is 0 Å². The fourth-order valence-electron chi connectivity index (χ4n) is 9.76. The molecular weight excluding hydrogens is 880 g/mol. The van der Waals surface area contributed by atoms with Crippen molar-refractivity contribution in [3.05, 3.63) is 177 Å². The van der Waals surface area contributed by atoms with E-state index in [1.54, 1.807) is 0 Å². The van der Waals surface area contributed by atoms with Crippen LogP contribution in [0, 0.1) is 47.6 Å². The van der Waals surface area contributed by atoms with Crippen LogP contribution in [0.1, 0.15) is 56.1 Å². The van der Waals surface area contributed by atoms with Gasteiger partial charge < -0.3 is 10.0 Å². The molecule has 0 amide bonds. The first-order chi connectivity index (χ1) is 27.2. The van der Waals surface area contributed by atoms with Crippen molar-refractivity contribution >= 4 is 33.3 Å². The molecule has 2 atom stereocenters. The van der Waals surface area contributed by atoms with Crippen LogP contribution in [0.2, 0.25) is 0 Å². The number of rotatable bonds is 5. The van der Waals surface area contributed by atoms with Gasteiger partial charge in [0, 0.05) is 32.1 Å². The van der Waals surface area contributed by atoms with E-state index in [4.69, 9.17) is 9.98 Å². The van der Waals surface area contributed by atoms with Crippen molar-refractivity contribution in [2.24, 2.45) is 4.99 Å². The smallest absolute Gasteiger partial charge is 0.148 e. The molecule has 0 bridgehead atoms. The maximum absolute atomic E-state index is 11.9. The summed E-state index contributed by atoms with van der Waals surface area (Å²) in [4.78, 5) is 13.5. The van der Waals surface area contributed by atoms with Crippen LogP contribution in [-0.4, -0.2) is 26.5 Å². The minimum absolute atomic E-state index is 0. The summed E-state index contributed by atoms with van der Waals surface area (Å²) in [5, 5.41) is 13.6. The predicted molar refractivity (Wildman–Crippen MR) is 231 cm³/mol. The molecule has 57 heavy (non-hydrogen) atoms. The third kappa shape index (κ3) is 5.86. The van der Waals surface area contributed by atoms with Crippen LogP contribution in [0.5, 0.6) is 5.75 Å². The molecule has 0 saturated heterocycles. The molecule has 0 spiro atoms. The second kappa shape index (κ2) is 14.0. The van der Waals surface area contributed by atoms with E-state index in [0.717, 1.165) is 67.6 Å². The van der Waals surface area contributed by atoms with E-state index in [1.165, 1.54) is 39.1 Å². The van der Waals surface area contributed by atoms with Crippen molar-refractivity contribution in [1.82, 2.24) is 9.55 Å². The zero-order valence-corrected chi connectivity index (χ0v) is 35.2. The van der Waals surface area contributed by atoms with Gasteiger partial charge in [0.25, 0.3) is 0 Å². The molecule has 8 aromatic rings. The topological polar surface area (TPSA) is 53.6 Å². The Balaban J connectivity index is 0.00000422. The first kappa shape index (κ1) is 36.8. The van der Waals surface area contributed by atoms with E-state index in [1.807, 2.05) is 30.3 Å². The van der Waals surface area contributed by atoms with E-state index < -0.39 is 0 Å². The number of imidazole rings is 1. The Morgan fingerprint density at radius 1 is 0.649 bits per heavy atom. The number of aromatic hydroxyl groups is 1.